The van der Waals surface area contributed by atoms with Crippen LogP contribution in [0.15, 0.2) is 24.3 Å². The van der Waals surface area contributed by atoms with E-state index in [0.717, 1.165) is 23.7 Å². The number of nitrogens with zero attached hydrogens (tertiary/aromatic N) is 1. The summed E-state index contributed by atoms with van der Waals surface area (Å²) in [4.78, 5) is 5.85. The largest absolute Gasteiger partial charge is 0.358 e. The summed E-state index contributed by atoms with van der Waals surface area (Å²) < 4.78 is 0. The first kappa shape index (κ1) is 10.8. The minimum Gasteiger partial charge on any atom is -0.358 e. The molecule has 1 aromatic carbocycles. The Morgan fingerprint density at radius 3 is 2.35 bits per heavy atom. The average molecular weight is 244 g/mol. The third-order valence-corrected chi connectivity index (χ3v) is 4.41. The summed E-state index contributed by atoms with van der Waals surface area (Å²) in [6, 6.07) is 9.22. The van der Waals surface area contributed by atoms with Gasteiger partial charge >= 0.3 is 0 Å². The lowest BCUT2D eigenvalue weighted by Crippen LogP contribution is -2.19. The van der Waals surface area contributed by atoms with Crippen molar-refractivity contribution < 1.29 is 0 Å². The van der Waals surface area contributed by atoms with E-state index in [1.54, 1.807) is 11.3 Å². The summed E-state index contributed by atoms with van der Waals surface area (Å²) >= 11 is 1.76. The maximum Gasteiger partial charge on any atom is 0.183 e. The van der Waals surface area contributed by atoms with Crippen LogP contribution >= 0.6 is 11.3 Å². The second-order valence-corrected chi connectivity index (χ2v) is 5.88. The number of nitrogens with one attached hydrogen (secondary N) is 1. The lowest BCUT2D eigenvalue weighted by atomic mass is 10.1. The second-order valence-electron chi connectivity index (χ2n) is 4.68. The molecular formula is C14H16N2S. The third-order valence-electron chi connectivity index (χ3n) is 3.41. The first-order valence-electron chi connectivity index (χ1n) is 6.00. The predicted molar refractivity (Wildman–Crippen MR) is 72.8 cm³/mol. The number of hydrogen-bond donors (Lipinski definition) is 1. The summed E-state index contributed by atoms with van der Waals surface area (Å²) in [5.41, 5.74) is 4.11. The molecule has 1 heterocycles. The van der Waals surface area contributed by atoms with E-state index in [1.807, 2.05) is 0 Å². The zero-order chi connectivity index (χ0) is 11.8. The number of rotatable bonds is 2. The van der Waals surface area contributed by atoms with Gasteiger partial charge in [-0.2, -0.15) is 0 Å². The molecular weight excluding hydrogens is 228 g/mol. The van der Waals surface area contributed by atoms with Crippen molar-refractivity contribution in [2.45, 2.75) is 32.7 Å². The highest BCUT2D eigenvalue weighted by Crippen LogP contribution is 2.27. The molecule has 0 saturated carbocycles. The van der Waals surface area contributed by atoms with Crippen LogP contribution in [0.4, 0.5) is 5.13 Å². The van der Waals surface area contributed by atoms with Crippen LogP contribution < -0.4 is 5.32 Å². The van der Waals surface area contributed by atoms with Gasteiger partial charge in [-0.25, -0.2) is 4.98 Å². The average Bonchev–Trinajstić information content (AvgIpc) is 2.83. The highest BCUT2D eigenvalue weighted by Gasteiger charge is 2.21. The first-order chi connectivity index (χ1) is 8.22. The van der Waals surface area contributed by atoms with Crippen molar-refractivity contribution in [2.75, 3.05) is 5.32 Å². The monoisotopic (exact) mass is 244 g/mol. The molecule has 0 amide bonds. The Morgan fingerprint density at radius 1 is 1.18 bits per heavy atom. The quantitative estimate of drug-likeness (QED) is 0.876. The minimum atomic E-state index is 0.511. The molecule has 0 fully saturated rings. The number of benzene rings is 1. The molecule has 88 valence electrons. The Hall–Kier alpha value is -1.35. The van der Waals surface area contributed by atoms with Gasteiger partial charge in [-0.3, -0.25) is 0 Å². The summed E-state index contributed by atoms with van der Waals surface area (Å²) in [6.45, 7) is 4.20. The highest BCUT2D eigenvalue weighted by molar-refractivity contribution is 7.15. The fraction of sp³-hybridized carbons (Fsp3) is 0.357. The lowest BCUT2D eigenvalue weighted by Gasteiger charge is -2.09. The van der Waals surface area contributed by atoms with E-state index in [-0.39, 0.29) is 0 Å². The van der Waals surface area contributed by atoms with Gasteiger partial charge < -0.3 is 5.32 Å². The van der Waals surface area contributed by atoms with Crippen LogP contribution in [0, 0.1) is 13.8 Å². The lowest BCUT2D eigenvalue weighted by molar-refractivity contribution is 0.772. The second kappa shape index (κ2) is 4.15. The molecule has 1 aliphatic carbocycles. The molecule has 3 heteroatoms. The Labute approximate surface area is 106 Å². The maximum absolute atomic E-state index is 4.54. The molecule has 1 N–H and O–H groups in total. The van der Waals surface area contributed by atoms with Gasteiger partial charge in [-0.1, -0.05) is 24.3 Å². The van der Waals surface area contributed by atoms with E-state index >= 15 is 0 Å². The molecule has 0 unspecified atom stereocenters. The molecule has 0 atom stereocenters. The van der Waals surface area contributed by atoms with E-state index < -0.39 is 0 Å². The topological polar surface area (TPSA) is 24.9 Å². The molecule has 0 bridgehead atoms. The molecule has 1 aromatic heterocycles. The number of aryl methyl sites for hydroxylation is 2. The fourth-order valence-corrected chi connectivity index (χ4v) is 3.26. The number of fused-ring (bicyclic) bond motifs is 1. The number of anilines is 1. The Balaban J connectivity index is 1.73. The van der Waals surface area contributed by atoms with E-state index in [2.05, 4.69) is 48.4 Å². The van der Waals surface area contributed by atoms with Crippen LogP contribution in [0.3, 0.4) is 0 Å². The number of hydrogen-bond acceptors (Lipinski definition) is 3. The van der Waals surface area contributed by atoms with Gasteiger partial charge in [0.25, 0.3) is 0 Å². The Bertz CT molecular complexity index is 500. The first-order valence-corrected chi connectivity index (χ1v) is 6.81. The van der Waals surface area contributed by atoms with Gasteiger partial charge in [0, 0.05) is 10.9 Å². The SMILES string of the molecule is Cc1nc(NC2Cc3ccccc3C2)sc1C. The van der Waals surface area contributed by atoms with Crippen molar-refractivity contribution in [1.82, 2.24) is 4.98 Å². The van der Waals surface area contributed by atoms with E-state index in [9.17, 15) is 0 Å². The summed E-state index contributed by atoms with van der Waals surface area (Å²) in [6.07, 6.45) is 2.24. The van der Waals surface area contributed by atoms with Crippen molar-refractivity contribution in [1.29, 1.82) is 0 Å². The zero-order valence-corrected chi connectivity index (χ0v) is 11.0. The normalized spacial score (nSPS) is 14.9. The van der Waals surface area contributed by atoms with Gasteiger partial charge in [0.1, 0.15) is 0 Å². The molecule has 0 radical (unpaired) electrons. The molecule has 3 rings (SSSR count). The van der Waals surface area contributed by atoms with Crippen LogP contribution in [-0.4, -0.2) is 11.0 Å². The van der Waals surface area contributed by atoms with Gasteiger partial charge in [-0.05, 0) is 37.8 Å². The summed E-state index contributed by atoms with van der Waals surface area (Å²) in [7, 11) is 0. The molecule has 0 saturated heterocycles. The molecule has 2 nitrogen and oxygen atoms in total. The van der Waals surface area contributed by atoms with Crippen LogP contribution in [-0.2, 0) is 12.8 Å². The fourth-order valence-electron chi connectivity index (χ4n) is 2.37. The van der Waals surface area contributed by atoms with Crippen LogP contribution in [0.5, 0.6) is 0 Å². The van der Waals surface area contributed by atoms with Crippen molar-refractivity contribution in [2.24, 2.45) is 0 Å². The molecule has 17 heavy (non-hydrogen) atoms. The van der Waals surface area contributed by atoms with E-state index in [0.29, 0.717) is 6.04 Å². The summed E-state index contributed by atoms with van der Waals surface area (Å²) in [5, 5.41) is 4.62. The van der Waals surface area contributed by atoms with Crippen LogP contribution in [0.25, 0.3) is 0 Å². The minimum absolute atomic E-state index is 0.511. The molecule has 0 aliphatic heterocycles. The van der Waals surface area contributed by atoms with E-state index in [4.69, 9.17) is 0 Å². The van der Waals surface area contributed by atoms with Crippen LogP contribution in [0.2, 0.25) is 0 Å². The van der Waals surface area contributed by atoms with Crippen molar-refractivity contribution >= 4 is 16.5 Å². The molecule has 2 aromatic rings. The van der Waals surface area contributed by atoms with Gasteiger partial charge in [0.15, 0.2) is 5.13 Å². The van der Waals surface area contributed by atoms with Gasteiger partial charge in [0.05, 0.1) is 5.69 Å². The highest BCUT2D eigenvalue weighted by atomic mass is 32.1. The van der Waals surface area contributed by atoms with Crippen molar-refractivity contribution in [3.05, 3.63) is 46.0 Å². The molecule has 0 spiro atoms. The maximum atomic E-state index is 4.54. The third kappa shape index (κ3) is 2.07. The Morgan fingerprint density at radius 2 is 1.82 bits per heavy atom. The van der Waals surface area contributed by atoms with Crippen molar-refractivity contribution in [3.63, 3.8) is 0 Å². The van der Waals surface area contributed by atoms with E-state index in [1.165, 1.54) is 16.0 Å². The van der Waals surface area contributed by atoms with Crippen molar-refractivity contribution in [3.8, 4) is 0 Å². The van der Waals surface area contributed by atoms with Crippen LogP contribution in [0.1, 0.15) is 21.7 Å². The number of thiazole rings is 1. The number of aromatic nitrogens is 1. The standard InChI is InChI=1S/C14H16N2S/c1-9-10(2)17-14(15-9)16-13-7-11-5-3-4-6-12(11)8-13/h3-6,13H,7-8H2,1-2H3,(H,15,16). The smallest absolute Gasteiger partial charge is 0.183 e. The van der Waals surface area contributed by atoms with Gasteiger partial charge in [0.2, 0.25) is 0 Å². The Kier molecular flexibility index (Phi) is 2.63. The van der Waals surface area contributed by atoms with Gasteiger partial charge in [-0.15, -0.1) is 11.3 Å². The summed E-state index contributed by atoms with van der Waals surface area (Å²) in [5.74, 6) is 0. The predicted octanol–water partition coefficient (Wildman–Crippen LogP) is 3.34. The molecule has 1 aliphatic rings. The zero-order valence-electron chi connectivity index (χ0n) is 10.2.